The zero-order valence-electron chi connectivity index (χ0n) is 13.6. The van der Waals surface area contributed by atoms with E-state index in [0.29, 0.717) is 0 Å². The van der Waals surface area contributed by atoms with Gasteiger partial charge in [-0.15, -0.1) is 0 Å². The van der Waals surface area contributed by atoms with Gasteiger partial charge in [0.2, 0.25) is 5.91 Å². The standard InChI is InChI=1S/C20H20N2O/c1-20(2,3)19(23)22-17-12-11-15(14-8-5-4-6-9-14)16-10-7-13-21-18(16)17/h4-13H,1-3H3,(H,22,23). The molecule has 3 heteroatoms. The number of hydrogen-bond donors (Lipinski definition) is 1. The number of rotatable bonds is 2. The zero-order chi connectivity index (χ0) is 16.4. The van der Waals surface area contributed by atoms with E-state index in [2.05, 4.69) is 22.4 Å². The first-order valence-electron chi connectivity index (χ1n) is 7.71. The summed E-state index contributed by atoms with van der Waals surface area (Å²) in [6.45, 7) is 5.70. The molecule has 1 aromatic heterocycles. The van der Waals surface area contributed by atoms with Crippen molar-refractivity contribution in [2.75, 3.05) is 5.32 Å². The Bertz CT molecular complexity index is 848. The fourth-order valence-electron chi connectivity index (χ4n) is 2.45. The van der Waals surface area contributed by atoms with Crippen molar-refractivity contribution in [1.29, 1.82) is 0 Å². The van der Waals surface area contributed by atoms with E-state index in [1.807, 2.05) is 63.2 Å². The maximum Gasteiger partial charge on any atom is 0.229 e. The van der Waals surface area contributed by atoms with Crippen LogP contribution < -0.4 is 5.32 Å². The van der Waals surface area contributed by atoms with Crippen LogP contribution in [0.25, 0.3) is 22.0 Å². The van der Waals surface area contributed by atoms with Crippen LogP contribution >= 0.6 is 0 Å². The number of fused-ring (bicyclic) bond motifs is 1. The van der Waals surface area contributed by atoms with Gasteiger partial charge in [-0.3, -0.25) is 9.78 Å². The van der Waals surface area contributed by atoms with Crippen molar-refractivity contribution < 1.29 is 4.79 Å². The van der Waals surface area contributed by atoms with Crippen LogP contribution in [0.3, 0.4) is 0 Å². The summed E-state index contributed by atoms with van der Waals surface area (Å²) < 4.78 is 0. The topological polar surface area (TPSA) is 42.0 Å². The quantitative estimate of drug-likeness (QED) is 0.732. The molecule has 0 spiro atoms. The molecule has 1 amide bonds. The van der Waals surface area contributed by atoms with Crippen molar-refractivity contribution in [3.63, 3.8) is 0 Å². The largest absolute Gasteiger partial charge is 0.324 e. The van der Waals surface area contributed by atoms with Gasteiger partial charge in [0.1, 0.15) is 0 Å². The highest BCUT2D eigenvalue weighted by molar-refractivity contribution is 6.06. The average molecular weight is 304 g/mol. The van der Waals surface area contributed by atoms with Crippen LogP contribution in [-0.4, -0.2) is 10.9 Å². The molecule has 3 rings (SSSR count). The van der Waals surface area contributed by atoms with E-state index in [4.69, 9.17) is 0 Å². The molecular formula is C20H20N2O. The number of carbonyl (C=O) groups is 1. The van der Waals surface area contributed by atoms with Crippen LogP contribution in [0.2, 0.25) is 0 Å². The minimum atomic E-state index is -0.445. The summed E-state index contributed by atoms with van der Waals surface area (Å²) >= 11 is 0. The van der Waals surface area contributed by atoms with E-state index in [1.54, 1.807) is 6.20 Å². The molecule has 0 radical (unpaired) electrons. The highest BCUT2D eigenvalue weighted by Gasteiger charge is 2.22. The molecule has 3 nitrogen and oxygen atoms in total. The number of benzene rings is 2. The predicted octanol–water partition coefficient (Wildman–Crippen LogP) is 4.89. The van der Waals surface area contributed by atoms with E-state index in [9.17, 15) is 4.79 Å². The fraction of sp³-hybridized carbons (Fsp3) is 0.200. The first-order valence-corrected chi connectivity index (χ1v) is 7.71. The Labute approximate surface area is 136 Å². The maximum absolute atomic E-state index is 12.3. The number of nitrogens with one attached hydrogen (secondary N) is 1. The van der Waals surface area contributed by atoms with Crippen molar-refractivity contribution in [3.05, 3.63) is 60.8 Å². The Morgan fingerprint density at radius 2 is 1.70 bits per heavy atom. The summed E-state index contributed by atoms with van der Waals surface area (Å²) in [6, 6.07) is 18.1. The van der Waals surface area contributed by atoms with Gasteiger partial charge in [-0.2, -0.15) is 0 Å². The molecule has 23 heavy (non-hydrogen) atoms. The van der Waals surface area contributed by atoms with Crippen molar-refractivity contribution in [2.24, 2.45) is 5.41 Å². The second-order valence-electron chi connectivity index (χ2n) is 6.63. The van der Waals surface area contributed by atoms with Crippen LogP contribution in [-0.2, 0) is 4.79 Å². The van der Waals surface area contributed by atoms with Gasteiger partial charge in [0, 0.05) is 17.0 Å². The highest BCUT2D eigenvalue weighted by Crippen LogP contribution is 2.32. The lowest BCUT2D eigenvalue weighted by molar-refractivity contribution is -0.123. The lowest BCUT2D eigenvalue weighted by Crippen LogP contribution is -2.27. The van der Waals surface area contributed by atoms with Crippen molar-refractivity contribution in [3.8, 4) is 11.1 Å². The first-order chi connectivity index (χ1) is 11.0. The lowest BCUT2D eigenvalue weighted by Gasteiger charge is -2.19. The van der Waals surface area contributed by atoms with Gasteiger partial charge in [-0.05, 0) is 23.3 Å². The molecular weight excluding hydrogens is 284 g/mol. The van der Waals surface area contributed by atoms with E-state index < -0.39 is 5.41 Å². The molecule has 0 fully saturated rings. The number of pyridine rings is 1. The SMILES string of the molecule is CC(C)(C)C(=O)Nc1ccc(-c2ccccc2)c2cccnc12. The fourth-order valence-corrected chi connectivity index (χ4v) is 2.45. The third-order valence-corrected chi connectivity index (χ3v) is 3.78. The van der Waals surface area contributed by atoms with E-state index in [1.165, 1.54) is 0 Å². The van der Waals surface area contributed by atoms with Gasteiger partial charge in [0.25, 0.3) is 0 Å². The molecule has 0 saturated heterocycles. The summed E-state index contributed by atoms with van der Waals surface area (Å²) in [4.78, 5) is 16.8. The van der Waals surface area contributed by atoms with Gasteiger partial charge in [-0.1, -0.05) is 63.2 Å². The second kappa shape index (κ2) is 5.84. The van der Waals surface area contributed by atoms with E-state index >= 15 is 0 Å². The number of anilines is 1. The molecule has 0 aliphatic rings. The van der Waals surface area contributed by atoms with Crippen LogP contribution in [0.15, 0.2) is 60.8 Å². The molecule has 3 aromatic rings. The van der Waals surface area contributed by atoms with Gasteiger partial charge in [0.05, 0.1) is 11.2 Å². The van der Waals surface area contributed by atoms with Gasteiger partial charge >= 0.3 is 0 Å². The Kier molecular flexibility index (Phi) is 3.87. The number of nitrogens with zero attached hydrogens (tertiary/aromatic N) is 1. The number of hydrogen-bond acceptors (Lipinski definition) is 2. The predicted molar refractivity (Wildman–Crippen MR) is 95.3 cm³/mol. The summed E-state index contributed by atoms with van der Waals surface area (Å²) in [5.74, 6) is -0.0167. The van der Waals surface area contributed by atoms with Crippen LogP contribution in [0.5, 0.6) is 0 Å². The van der Waals surface area contributed by atoms with Crippen LogP contribution in [0.4, 0.5) is 5.69 Å². The zero-order valence-corrected chi connectivity index (χ0v) is 13.6. The Morgan fingerprint density at radius 1 is 0.957 bits per heavy atom. The third-order valence-electron chi connectivity index (χ3n) is 3.78. The molecule has 2 aromatic carbocycles. The van der Waals surface area contributed by atoms with E-state index in [-0.39, 0.29) is 5.91 Å². The monoisotopic (exact) mass is 304 g/mol. The minimum absolute atomic E-state index is 0.0167. The molecule has 1 heterocycles. The number of amides is 1. The van der Waals surface area contributed by atoms with Gasteiger partial charge in [0.15, 0.2) is 0 Å². The van der Waals surface area contributed by atoms with Gasteiger partial charge < -0.3 is 5.32 Å². The van der Waals surface area contributed by atoms with Crippen molar-refractivity contribution in [1.82, 2.24) is 4.98 Å². The second-order valence-corrected chi connectivity index (χ2v) is 6.63. The Balaban J connectivity index is 2.12. The first kappa shape index (κ1) is 15.2. The van der Waals surface area contributed by atoms with Crippen LogP contribution in [0.1, 0.15) is 20.8 Å². The van der Waals surface area contributed by atoms with E-state index in [0.717, 1.165) is 27.7 Å². The highest BCUT2D eigenvalue weighted by atomic mass is 16.2. The maximum atomic E-state index is 12.3. The molecule has 0 unspecified atom stereocenters. The summed E-state index contributed by atoms with van der Waals surface area (Å²) in [5.41, 5.74) is 3.37. The average Bonchev–Trinajstić information content (AvgIpc) is 2.55. The molecule has 1 N–H and O–H groups in total. The van der Waals surface area contributed by atoms with Crippen molar-refractivity contribution in [2.45, 2.75) is 20.8 Å². The smallest absolute Gasteiger partial charge is 0.229 e. The third kappa shape index (κ3) is 3.09. The summed E-state index contributed by atoms with van der Waals surface area (Å²) in [7, 11) is 0. The molecule has 0 aliphatic heterocycles. The Hall–Kier alpha value is -2.68. The molecule has 0 bridgehead atoms. The lowest BCUT2D eigenvalue weighted by atomic mass is 9.95. The summed E-state index contributed by atoms with van der Waals surface area (Å²) in [5, 5.41) is 4.03. The summed E-state index contributed by atoms with van der Waals surface area (Å²) in [6.07, 6.45) is 1.75. The van der Waals surface area contributed by atoms with Crippen LogP contribution in [0, 0.1) is 5.41 Å². The molecule has 116 valence electrons. The minimum Gasteiger partial charge on any atom is -0.324 e. The normalized spacial score (nSPS) is 11.4. The number of aromatic nitrogens is 1. The Morgan fingerprint density at radius 3 is 2.39 bits per heavy atom. The van der Waals surface area contributed by atoms with Crippen molar-refractivity contribution >= 4 is 22.5 Å². The molecule has 0 atom stereocenters. The number of carbonyl (C=O) groups excluding carboxylic acids is 1. The molecule has 0 aliphatic carbocycles. The van der Waals surface area contributed by atoms with Gasteiger partial charge in [-0.25, -0.2) is 0 Å². The molecule has 0 saturated carbocycles.